The highest BCUT2D eigenvalue weighted by Gasteiger charge is 2.29. The summed E-state index contributed by atoms with van der Waals surface area (Å²) in [5.74, 6) is -0.587. The van der Waals surface area contributed by atoms with Crippen LogP contribution in [0.4, 0.5) is 4.79 Å². The Morgan fingerprint density at radius 1 is 1.03 bits per heavy atom. The molecule has 7 nitrogen and oxygen atoms in total. The van der Waals surface area contributed by atoms with Gasteiger partial charge in [0.15, 0.2) is 0 Å². The number of hydrogen-bond acceptors (Lipinski definition) is 5. The Labute approximate surface area is 206 Å². The van der Waals surface area contributed by atoms with E-state index in [1.807, 2.05) is 35.2 Å². The number of nitrogens with one attached hydrogen (secondary N) is 1. The van der Waals surface area contributed by atoms with Crippen LogP contribution in [-0.2, 0) is 27.4 Å². The van der Waals surface area contributed by atoms with Crippen LogP contribution in [0.2, 0.25) is 0 Å². The van der Waals surface area contributed by atoms with Gasteiger partial charge < -0.3 is 19.9 Å². The van der Waals surface area contributed by atoms with Gasteiger partial charge in [-0.25, -0.2) is 4.79 Å². The number of nitrogens with zero attached hydrogens (tertiary/aromatic N) is 2. The summed E-state index contributed by atoms with van der Waals surface area (Å²) >= 11 is 1.68. The molecular formula is C26H35N3O4S. The molecular weight excluding hydrogens is 450 g/mol. The van der Waals surface area contributed by atoms with Crippen molar-refractivity contribution in [3.8, 4) is 0 Å². The molecule has 1 aliphatic carbocycles. The highest BCUT2D eigenvalue weighted by Crippen LogP contribution is 2.24. The molecule has 0 saturated heterocycles. The Kier molecular flexibility index (Phi) is 9.94. The molecule has 1 fully saturated rings. The number of carbonyl (C=O) groups is 3. The van der Waals surface area contributed by atoms with Crippen molar-refractivity contribution < 1.29 is 19.1 Å². The van der Waals surface area contributed by atoms with Gasteiger partial charge in [-0.3, -0.25) is 9.59 Å². The topological polar surface area (TPSA) is 79.0 Å². The molecule has 34 heavy (non-hydrogen) atoms. The second-order valence-electron chi connectivity index (χ2n) is 8.63. The van der Waals surface area contributed by atoms with Crippen LogP contribution < -0.4 is 5.32 Å². The molecule has 0 bridgehead atoms. The SMILES string of the molecule is CCOC(=O)CNC(=O)N(CC(=O)N(Cc1ccccc1)Cc1ccc(C)s1)C1CCCCC1. The third-order valence-electron chi connectivity index (χ3n) is 5.98. The summed E-state index contributed by atoms with van der Waals surface area (Å²) in [6.07, 6.45) is 4.93. The van der Waals surface area contributed by atoms with Gasteiger partial charge in [-0.2, -0.15) is 0 Å². The molecule has 1 heterocycles. The Balaban J connectivity index is 1.75. The van der Waals surface area contributed by atoms with Gasteiger partial charge in [-0.15, -0.1) is 11.3 Å². The summed E-state index contributed by atoms with van der Waals surface area (Å²) < 4.78 is 4.93. The van der Waals surface area contributed by atoms with E-state index in [1.165, 1.54) is 4.88 Å². The Bertz CT molecular complexity index is 941. The lowest BCUT2D eigenvalue weighted by molar-refractivity contribution is -0.141. The number of thiophene rings is 1. The largest absolute Gasteiger partial charge is 0.465 e. The number of urea groups is 1. The number of rotatable bonds is 10. The molecule has 0 aliphatic heterocycles. The van der Waals surface area contributed by atoms with Crippen molar-refractivity contribution in [2.45, 2.75) is 65.1 Å². The molecule has 0 spiro atoms. The van der Waals surface area contributed by atoms with Crippen molar-refractivity contribution in [3.05, 3.63) is 57.8 Å². The van der Waals surface area contributed by atoms with Crippen LogP contribution >= 0.6 is 11.3 Å². The van der Waals surface area contributed by atoms with Gasteiger partial charge in [0.05, 0.1) is 13.2 Å². The van der Waals surface area contributed by atoms with E-state index < -0.39 is 5.97 Å². The number of aryl methyl sites for hydroxylation is 1. The zero-order chi connectivity index (χ0) is 24.3. The van der Waals surface area contributed by atoms with E-state index in [4.69, 9.17) is 4.74 Å². The fourth-order valence-electron chi connectivity index (χ4n) is 4.26. The van der Waals surface area contributed by atoms with Crippen molar-refractivity contribution in [2.24, 2.45) is 0 Å². The first-order valence-corrected chi connectivity index (χ1v) is 12.8. The monoisotopic (exact) mass is 485 g/mol. The standard InChI is InChI=1S/C26H35N3O4S/c1-3-33-25(31)16-27-26(32)29(22-12-8-5-9-13-22)19-24(30)28(17-21-10-6-4-7-11-21)18-23-15-14-20(2)34-23/h4,6-7,10-11,14-15,22H,3,5,8-9,12-13,16-19H2,1-2H3,(H,27,32). The van der Waals surface area contributed by atoms with Gasteiger partial charge in [0.25, 0.3) is 0 Å². The molecule has 1 N–H and O–H groups in total. The van der Waals surface area contributed by atoms with Gasteiger partial charge in [-0.1, -0.05) is 49.6 Å². The lowest BCUT2D eigenvalue weighted by Gasteiger charge is -2.35. The minimum absolute atomic E-state index is 0.0116. The first-order chi connectivity index (χ1) is 16.5. The van der Waals surface area contributed by atoms with Crippen LogP contribution in [0.25, 0.3) is 0 Å². The molecule has 1 saturated carbocycles. The minimum Gasteiger partial charge on any atom is -0.465 e. The average Bonchev–Trinajstić information content (AvgIpc) is 3.26. The van der Waals surface area contributed by atoms with Gasteiger partial charge in [0.2, 0.25) is 5.91 Å². The highest BCUT2D eigenvalue weighted by atomic mass is 32.1. The number of carbonyl (C=O) groups excluding carboxylic acids is 3. The summed E-state index contributed by atoms with van der Waals surface area (Å²) in [6, 6.07) is 13.6. The van der Waals surface area contributed by atoms with E-state index in [2.05, 4.69) is 24.4 Å². The van der Waals surface area contributed by atoms with E-state index in [0.29, 0.717) is 13.1 Å². The fraction of sp³-hybridized carbons (Fsp3) is 0.500. The summed E-state index contributed by atoms with van der Waals surface area (Å²) in [5.41, 5.74) is 1.04. The maximum absolute atomic E-state index is 13.6. The summed E-state index contributed by atoms with van der Waals surface area (Å²) in [4.78, 5) is 44.1. The van der Waals surface area contributed by atoms with Crippen molar-refractivity contribution >= 4 is 29.2 Å². The molecule has 0 unspecified atom stereocenters. The number of amides is 3. The van der Waals surface area contributed by atoms with Crippen LogP contribution in [0.3, 0.4) is 0 Å². The zero-order valence-electron chi connectivity index (χ0n) is 20.1. The second-order valence-corrected chi connectivity index (χ2v) is 10.0. The average molecular weight is 486 g/mol. The van der Waals surface area contributed by atoms with E-state index in [0.717, 1.165) is 42.5 Å². The van der Waals surface area contributed by atoms with Crippen LogP contribution in [0.5, 0.6) is 0 Å². The molecule has 0 radical (unpaired) electrons. The van der Waals surface area contributed by atoms with Crippen LogP contribution in [0.15, 0.2) is 42.5 Å². The first-order valence-electron chi connectivity index (χ1n) is 12.0. The van der Waals surface area contributed by atoms with Gasteiger partial charge in [-0.05, 0) is 44.4 Å². The fourth-order valence-corrected chi connectivity index (χ4v) is 5.17. The summed E-state index contributed by atoms with van der Waals surface area (Å²) in [6.45, 7) is 4.78. The molecule has 1 aromatic carbocycles. The first kappa shape index (κ1) is 25.7. The van der Waals surface area contributed by atoms with E-state index in [-0.39, 0.29) is 37.7 Å². The zero-order valence-corrected chi connectivity index (χ0v) is 20.9. The highest BCUT2D eigenvalue weighted by molar-refractivity contribution is 7.11. The van der Waals surface area contributed by atoms with E-state index >= 15 is 0 Å². The third-order valence-corrected chi connectivity index (χ3v) is 6.97. The van der Waals surface area contributed by atoms with E-state index in [9.17, 15) is 14.4 Å². The number of hydrogen-bond donors (Lipinski definition) is 1. The van der Waals surface area contributed by atoms with Gasteiger partial charge in [0, 0.05) is 22.3 Å². The van der Waals surface area contributed by atoms with Crippen molar-refractivity contribution in [2.75, 3.05) is 19.7 Å². The molecule has 3 rings (SSSR count). The lowest BCUT2D eigenvalue weighted by Crippen LogP contribution is -2.52. The van der Waals surface area contributed by atoms with Crippen LogP contribution in [-0.4, -0.2) is 53.4 Å². The molecule has 0 atom stereocenters. The van der Waals surface area contributed by atoms with Gasteiger partial charge in [0.1, 0.15) is 13.1 Å². The quantitative estimate of drug-likeness (QED) is 0.503. The predicted molar refractivity (Wildman–Crippen MR) is 133 cm³/mol. The van der Waals surface area contributed by atoms with Crippen molar-refractivity contribution in [1.82, 2.24) is 15.1 Å². The minimum atomic E-state index is -0.482. The normalized spacial score (nSPS) is 13.8. The maximum atomic E-state index is 13.6. The Morgan fingerprint density at radius 2 is 1.76 bits per heavy atom. The molecule has 184 valence electrons. The lowest BCUT2D eigenvalue weighted by atomic mass is 9.94. The second kappa shape index (κ2) is 13.1. The number of benzene rings is 1. The van der Waals surface area contributed by atoms with Crippen molar-refractivity contribution in [3.63, 3.8) is 0 Å². The maximum Gasteiger partial charge on any atom is 0.325 e. The Hall–Kier alpha value is -2.87. The molecule has 8 heteroatoms. The molecule has 1 aromatic heterocycles. The van der Waals surface area contributed by atoms with Crippen molar-refractivity contribution in [1.29, 1.82) is 0 Å². The summed E-state index contributed by atoms with van der Waals surface area (Å²) in [7, 11) is 0. The Morgan fingerprint density at radius 3 is 2.41 bits per heavy atom. The van der Waals surface area contributed by atoms with Gasteiger partial charge >= 0.3 is 12.0 Å². The van der Waals surface area contributed by atoms with Crippen LogP contribution in [0, 0.1) is 6.92 Å². The smallest absolute Gasteiger partial charge is 0.325 e. The number of esters is 1. The third kappa shape index (κ3) is 7.87. The predicted octanol–water partition coefficient (Wildman–Crippen LogP) is 4.49. The molecule has 3 amide bonds. The molecule has 2 aromatic rings. The summed E-state index contributed by atoms with van der Waals surface area (Å²) in [5, 5.41) is 2.66. The molecule has 1 aliphatic rings. The van der Waals surface area contributed by atoms with E-state index in [1.54, 1.807) is 23.2 Å². The number of ether oxygens (including phenoxy) is 1. The van der Waals surface area contributed by atoms with Crippen LogP contribution in [0.1, 0.15) is 54.3 Å².